The van der Waals surface area contributed by atoms with E-state index in [1.807, 2.05) is 25.1 Å². The highest BCUT2D eigenvalue weighted by molar-refractivity contribution is 5.95. The van der Waals surface area contributed by atoms with Crippen LogP contribution in [-0.2, 0) is 6.61 Å². The van der Waals surface area contributed by atoms with Crippen molar-refractivity contribution in [3.05, 3.63) is 88.9 Å². The number of furan rings is 1. The topological polar surface area (TPSA) is 95.6 Å². The second-order valence-corrected chi connectivity index (χ2v) is 8.06. The molecule has 168 valence electrons. The number of rotatable bonds is 6. The lowest BCUT2D eigenvalue weighted by Crippen LogP contribution is -2.46. The van der Waals surface area contributed by atoms with Gasteiger partial charge in [-0.25, -0.2) is 0 Å². The van der Waals surface area contributed by atoms with E-state index in [1.165, 1.54) is 6.26 Å². The SMILES string of the molecule is Cc1ccoc1C(=O)NC1CCN(C(=O)c2cccc(OCc3ccccc3C#N)c2)CC1. The first-order valence-corrected chi connectivity index (χ1v) is 10.9. The molecule has 0 atom stereocenters. The maximum atomic E-state index is 13.0. The summed E-state index contributed by atoms with van der Waals surface area (Å²) in [6.07, 6.45) is 2.86. The fourth-order valence-electron chi connectivity index (χ4n) is 3.90. The Morgan fingerprint density at radius 1 is 1.15 bits per heavy atom. The van der Waals surface area contributed by atoms with Crippen molar-refractivity contribution in [1.82, 2.24) is 10.2 Å². The number of ether oxygens (including phenoxy) is 1. The summed E-state index contributed by atoms with van der Waals surface area (Å²) < 4.78 is 11.1. The number of hydrogen-bond acceptors (Lipinski definition) is 5. The summed E-state index contributed by atoms with van der Waals surface area (Å²) in [5.74, 6) is 0.627. The van der Waals surface area contributed by atoms with Gasteiger partial charge in [-0.15, -0.1) is 0 Å². The Hall–Kier alpha value is -4.05. The van der Waals surface area contributed by atoms with Crippen LogP contribution in [0.5, 0.6) is 5.75 Å². The number of nitriles is 1. The number of benzene rings is 2. The van der Waals surface area contributed by atoms with Gasteiger partial charge in [0.15, 0.2) is 5.76 Å². The fourth-order valence-corrected chi connectivity index (χ4v) is 3.90. The van der Waals surface area contributed by atoms with E-state index in [9.17, 15) is 14.9 Å². The first-order valence-electron chi connectivity index (χ1n) is 10.9. The van der Waals surface area contributed by atoms with Gasteiger partial charge in [0, 0.05) is 35.8 Å². The summed E-state index contributed by atoms with van der Waals surface area (Å²) in [7, 11) is 0. The van der Waals surface area contributed by atoms with E-state index < -0.39 is 0 Å². The van der Waals surface area contributed by atoms with Crippen LogP contribution in [0.4, 0.5) is 0 Å². The Morgan fingerprint density at radius 3 is 2.67 bits per heavy atom. The Labute approximate surface area is 192 Å². The Bertz CT molecular complexity index is 1190. The van der Waals surface area contributed by atoms with Crippen molar-refractivity contribution in [2.75, 3.05) is 13.1 Å². The van der Waals surface area contributed by atoms with Crippen molar-refractivity contribution < 1.29 is 18.7 Å². The number of aryl methyl sites for hydroxylation is 1. The van der Waals surface area contributed by atoms with E-state index in [4.69, 9.17) is 9.15 Å². The number of nitrogens with zero attached hydrogens (tertiary/aromatic N) is 2. The number of carbonyl (C=O) groups excluding carboxylic acids is 2. The molecule has 4 rings (SSSR count). The van der Waals surface area contributed by atoms with Crippen molar-refractivity contribution in [2.45, 2.75) is 32.4 Å². The van der Waals surface area contributed by atoms with Crippen molar-refractivity contribution >= 4 is 11.8 Å². The molecule has 1 aliphatic heterocycles. The Balaban J connectivity index is 1.32. The van der Waals surface area contributed by atoms with Gasteiger partial charge in [0.2, 0.25) is 0 Å². The minimum absolute atomic E-state index is 0.000852. The van der Waals surface area contributed by atoms with E-state index in [2.05, 4.69) is 11.4 Å². The van der Waals surface area contributed by atoms with Crippen LogP contribution >= 0.6 is 0 Å². The van der Waals surface area contributed by atoms with Gasteiger partial charge in [-0.05, 0) is 50.1 Å². The smallest absolute Gasteiger partial charge is 0.287 e. The molecule has 1 fully saturated rings. The number of piperidine rings is 1. The molecule has 0 radical (unpaired) electrons. The van der Waals surface area contributed by atoms with Crippen LogP contribution in [0.3, 0.4) is 0 Å². The lowest BCUT2D eigenvalue weighted by Gasteiger charge is -2.32. The first-order chi connectivity index (χ1) is 16.0. The fraction of sp³-hybridized carbons (Fsp3) is 0.269. The summed E-state index contributed by atoms with van der Waals surface area (Å²) in [4.78, 5) is 27.2. The predicted octanol–water partition coefficient (Wildman–Crippen LogP) is 4.07. The monoisotopic (exact) mass is 443 g/mol. The van der Waals surface area contributed by atoms with Gasteiger partial charge in [-0.3, -0.25) is 9.59 Å². The summed E-state index contributed by atoms with van der Waals surface area (Å²) in [6, 6.07) is 18.3. The minimum Gasteiger partial charge on any atom is -0.489 e. The van der Waals surface area contributed by atoms with Gasteiger partial charge >= 0.3 is 0 Å². The second-order valence-electron chi connectivity index (χ2n) is 8.06. The molecule has 0 bridgehead atoms. The molecule has 1 saturated heterocycles. The third-order valence-corrected chi connectivity index (χ3v) is 5.80. The van der Waals surface area contributed by atoms with E-state index >= 15 is 0 Å². The van der Waals surface area contributed by atoms with Gasteiger partial charge < -0.3 is 19.4 Å². The molecular formula is C26H25N3O4. The van der Waals surface area contributed by atoms with Gasteiger partial charge in [0.1, 0.15) is 12.4 Å². The molecule has 0 spiro atoms. The Morgan fingerprint density at radius 2 is 1.94 bits per heavy atom. The molecule has 2 aromatic carbocycles. The van der Waals surface area contributed by atoms with E-state index in [1.54, 1.807) is 41.3 Å². The highest BCUT2D eigenvalue weighted by atomic mass is 16.5. The summed E-state index contributed by atoms with van der Waals surface area (Å²) in [6.45, 7) is 3.20. The van der Waals surface area contributed by atoms with E-state index in [0.717, 1.165) is 11.1 Å². The molecule has 0 unspecified atom stereocenters. The molecule has 7 nitrogen and oxygen atoms in total. The molecule has 1 aromatic heterocycles. The largest absolute Gasteiger partial charge is 0.489 e. The van der Waals surface area contributed by atoms with Crippen molar-refractivity contribution in [1.29, 1.82) is 5.26 Å². The first kappa shape index (κ1) is 22.2. The second kappa shape index (κ2) is 10.0. The molecule has 1 N–H and O–H groups in total. The molecule has 3 aromatic rings. The molecule has 0 aliphatic carbocycles. The quantitative estimate of drug-likeness (QED) is 0.620. The van der Waals surface area contributed by atoms with Crippen molar-refractivity contribution in [3.8, 4) is 11.8 Å². The van der Waals surface area contributed by atoms with E-state index in [-0.39, 0.29) is 24.5 Å². The van der Waals surface area contributed by atoms with Crippen molar-refractivity contribution in [2.24, 2.45) is 0 Å². The number of likely N-dealkylation sites (tertiary alicyclic amines) is 1. The summed E-state index contributed by atoms with van der Waals surface area (Å²) in [5.41, 5.74) is 2.72. The standard InChI is InChI=1S/C26H25N3O4/c1-18-11-14-32-24(18)25(30)28-22-9-12-29(13-10-22)26(31)19-7-4-8-23(15-19)33-17-21-6-3-2-5-20(21)16-27/h2-8,11,14-15,22H,9-10,12-13,17H2,1H3,(H,28,30). The zero-order valence-electron chi connectivity index (χ0n) is 18.4. The van der Waals surface area contributed by atoms with Crippen LogP contribution in [0.2, 0.25) is 0 Å². The lowest BCUT2D eigenvalue weighted by molar-refractivity contribution is 0.0695. The number of nitrogens with one attached hydrogen (secondary N) is 1. The Kier molecular flexibility index (Phi) is 6.75. The zero-order chi connectivity index (χ0) is 23.2. The number of carbonyl (C=O) groups is 2. The number of hydrogen-bond donors (Lipinski definition) is 1. The molecule has 2 amide bonds. The molecule has 2 heterocycles. The predicted molar refractivity (Wildman–Crippen MR) is 122 cm³/mol. The van der Waals surface area contributed by atoms with Crippen LogP contribution in [-0.4, -0.2) is 35.8 Å². The average Bonchev–Trinajstić information content (AvgIpc) is 3.29. The van der Waals surface area contributed by atoms with Crippen LogP contribution in [0.15, 0.2) is 65.3 Å². The lowest BCUT2D eigenvalue weighted by atomic mass is 10.0. The maximum absolute atomic E-state index is 13.0. The molecule has 33 heavy (non-hydrogen) atoms. The minimum atomic E-state index is -0.218. The van der Waals surface area contributed by atoms with Crippen LogP contribution in [0.25, 0.3) is 0 Å². The maximum Gasteiger partial charge on any atom is 0.287 e. The van der Waals surface area contributed by atoms with Gasteiger partial charge in [0.25, 0.3) is 11.8 Å². The summed E-state index contributed by atoms with van der Waals surface area (Å²) in [5, 5.41) is 12.2. The van der Waals surface area contributed by atoms with E-state index in [0.29, 0.717) is 48.6 Å². The van der Waals surface area contributed by atoms with Gasteiger partial charge in [0.05, 0.1) is 17.9 Å². The third-order valence-electron chi connectivity index (χ3n) is 5.80. The average molecular weight is 444 g/mol. The number of amides is 2. The summed E-state index contributed by atoms with van der Waals surface area (Å²) >= 11 is 0. The third kappa shape index (κ3) is 5.24. The van der Waals surface area contributed by atoms with Gasteiger partial charge in [-0.1, -0.05) is 24.3 Å². The van der Waals surface area contributed by atoms with Crippen LogP contribution in [0.1, 0.15) is 50.4 Å². The molecular weight excluding hydrogens is 418 g/mol. The van der Waals surface area contributed by atoms with Crippen molar-refractivity contribution in [3.63, 3.8) is 0 Å². The highest BCUT2D eigenvalue weighted by Gasteiger charge is 2.26. The molecule has 7 heteroatoms. The molecule has 1 aliphatic rings. The van der Waals surface area contributed by atoms with Crippen LogP contribution < -0.4 is 10.1 Å². The highest BCUT2D eigenvalue weighted by Crippen LogP contribution is 2.20. The molecule has 0 saturated carbocycles. The zero-order valence-corrected chi connectivity index (χ0v) is 18.4. The van der Waals surface area contributed by atoms with Gasteiger partial charge in [-0.2, -0.15) is 5.26 Å². The van der Waals surface area contributed by atoms with Crippen LogP contribution in [0, 0.1) is 18.3 Å². The normalized spacial score (nSPS) is 13.9.